The Morgan fingerprint density at radius 3 is 2.19 bits per heavy atom. The van der Waals surface area contributed by atoms with Crippen molar-refractivity contribution in [2.45, 2.75) is 58.4 Å². The van der Waals surface area contributed by atoms with Crippen molar-refractivity contribution < 1.29 is 4.57 Å². The van der Waals surface area contributed by atoms with E-state index in [9.17, 15) is 0 Å². The van der Waals surface area contributed by atoms with E-state index in [1.807, 2.05) is 30.7 Å². The Morgan fingerprint density at radius 1 is 0.889 bits per heavy atom. The third kappa shape index (κ3) is 3.78. The Kier molecular flexibility index (Phi) is 5.14. The quantitative estimate of drug-likeness (QED) is 0.600. The SMILES string of the molecule is CC(C)c1cncc(C(C)(C)c2cc[n+](C(C)(C)c3ccccn3)cc2)c1. The van der Waals surface area contributed by atoms with E-state index in [1.165, 1.54) is 16.7 Å². The second-order valence-electron chi connectivity index (χ2n) is 8.55. The van der Waals surface area contributed by atoms with Crippen LogP contribution in [0.2, 0.25) is 0 Å². The molecule has 0 aliphatic rings. The minimum atomic E-state index is -0.205. The average Bonchev–Trinajstić information content (AvgIpc) is 2.69. The molecule has 3 rings (SSSR count). The molecule has 3 aromatic rings. The molecule has 0 saturated carbocycles. The van der Waals surface area contributed by atoms with Crippen molar-refractivity contribution in [1.82, 2.24) is 9.97 Å². The van der Waals surface area contributed by atoms with Crippen molar-refractivity contribution in [3.8, 4) is 0 Å². The third-order valence-corrected chi connectivity index (χ3v) is 5.64. The highest BCUT2D eigenvalue weighted by Crippen LogP contribution is 2.32. The summed E-state index contributed by atoms with van der Waals surface area (Å²) < 4.78 is 2.22. The first-order chi connectivity index (χ1) is 12.7. The first-order valence-electron chi connectivity index (χ1n) is 9.62. The molecule has 3 aromatic heterocycles. The van der Waals surface area contributed by atoms with Crippen LogP contribution >= 0.6 is 0 Å². The van der Waals surface area contributed by atoms with Gasteiger partial charge in [0.1, 0.15) is 5.69 Å². The Hall–Kier alpha value is -2.55. The van der Waals surface area contributed by atoms with Crippen LogP contribution in [-0.2, 0) is 11.0 Å². The minimum Gasteiger partial charge on any atom is -0.264 e. The Bertz CT molecular complexity index is 894. The van der Waals surface area contributed by atoms with Gasteiger partial charge in [0.2, 0.25) is 5.54 Å². The van der Waals surface area contributed by atoms with Gasteiger partial charge >= 0.3 is 0 Å². The molecule has 0 fully saturated rings. The summed E-state index contributed by atoms with van der Waals surface area (Å²) in [5, 5.41) is 0. The summed E-state index contributed by atoms with van der Waals surface area (Å²) in [6.07, 6.45) is 10.1. The van der Waals surface area contributed by atoms with Gasteiger partial charge in [-0.3, -0.25) is 9.97 Å². The second-order valence-corrected chi connectivity index (χ2v) is 8.55. The molecule has 0 atom stereocenters. The lowest BCUT2D eigenvalue weighted by Crippen LogP contribution is -2.53. The fourth-order valence-electron chi connectivity index (χ4n) is 3.35. The molecule has 0 amide bonds. The van der Waals surface area contributed by atoms with Gasteiger partial charge in [-0.2, -0.15) is 4.57 Å². The van der Waals surface area contributed by atoms with Crippen LogP contribution in [0.1, 0.15) is 69.8 Å². The van der Waals surface area contributed by atoms with Gasteiger partial charge in [-0.05, 0) is 34.7 Å². The van der Waals surface area contributed by atoms with E-state index < -0.39 is 0 Å². The van der Waals surface area contributed by atoms with Crippen molar-refractivity contribution >= 4 is 0 Å². The standard InChI is InChI=1S/C24H30N3/c1-18(2)19-15-21(17-25-16-19)23(3,4)20-10-13-27(14-11-20)24(5,6)22-9-7-8-12-26-22/h7-18H,1-6H3/q+1. The van der Waals surface area contributed by atoms with E-state index in [-0.39, 0.29) is 11.0 Å². The molecule has 0 saturated heterocycles. The number of nitrogens with zero attached hydrogens (tertiary/aromatic N) is 3. The monoisotopic (exact) mass is 360 g/mol. The Morgan fingerprint density at radius 2 is 1.59 bits per heavy atom. The third-order valence-electron chi connectivity index (χ3n) is 5.64. The Labute approximate surface area is 163 Å². The van der Waals surface area contributed by atoms with Crippen molar-refractivity contribution in [1.29, 1.82) is 0 Å². The number of aromatic nitrogens is 3. The van der Waals surface area contributed by atoms with E-state index in [0.717, 1.165) is 5.69 Å². The maximum atomic E-state index is 4.54. The van der Waals surface area contributed by atoms with Crippen LogP contribution in [0.4, 0.5) is 0 Å². The molecular formula is C24H30N3+. The van der Waals surface area contributed by atoms with Gasteiger partial charge in [-0.15, -0.1) is 0 Å². The van der Waals surface area contributed by atoms with Crippen LogP contribution < -0.4 is 4.57 Å². The summed E-state index contributed by atoms with van der Waals surface area (Å²) in [5.74, 6) is 0.477. The van der Waals surface area contributed by atoms with Crippen molar-refractivity contribution in [2.75, 3.05) is 0 Å². The van der Waals surface area contributed by atoms with Crippen LogP contribution in [0.3, 0.4) is 0 Å². The maximum Gasteiger partial charge on any atom is 0.204 e. The van der Waals surface area contributed by atoms with Gasteiger partial charge in [-0.1, -0.05) is 39.8 Å². The molecule has 0 N–H and O–H groups in total. The lowest BCUT2D eigenvalue weighted by atomic mass is 9.78. The van der Waals surface area contributed by atoms with Gasteiger partial charge in [0.25, 0.3) is 0 Å². The van der Waals surface area contributed by atoms with E-state index in [4.69, 9.17) is 0 Å². The van der Waals surface area contributed by atoms with Crippen LogP contribution in [-0.4, -0.2) is 9.97 Å². The van der Waals surface area contributed by atoms with E-state index in [0.29, 0.717) is 5.92 Å². The molecule has 27 heavy (non-hydrogen) atoms. The summed E-state index contributed by atoms with van der Waals surface area (Å²) in [6.45, 7) is 13.3. The normalized spacial score (nSPS) is 12.4. The zero-order chi connectivity index (χ0) is 19.7. The zero-order valence-corrected chi connectivity index (χ0v) is 17.3. The second kappa shape index (κ2) is 7.22. The van der Waals surface area contributed by atoms with Gasteiger partial charge < -0.3 is 0 Å². The molecule has 3 nitrogen and oxygen atoms in total. The molecule has 140 valence electrons. The number of hydrogen-bond acceptors (Lipinski definition) is 2. The predicted octanol–water partition coefficient (Wildman–Crippen LogP) is 5.00. The number of hydrogen-bond donors (Lipinski definition) is 0. The first kappa shape index (κ1) is 19.2. The van der Waals surface area contributed by atoms with Gasteiger partial charge in [-0.25, -0.2) is 0 Å². The molecule has 0 aromatic carbocycles. The topological polar surface area (TPSA) is 29.7 Å². The van der Waals surface area contributed by atoms with Crippen LogP contribution in [0.5, 0.6) is 0 Å². The number of rotatable bonds is 5. The van der Waals surface area contributed by atoms with Gasteiger partial charge in [0.15, 0.2) is 12.4 Å². The highest BCUT2D eigenvalue weighted by molar-refractivity contribution is 5.36. The Balaban J connectivity index is 1.94. The smallest absolute Gasteiger partial charge is 0.204 e. The van der Waals surface area contributed by atoms with Crippen molar-refractivity contribution in [3.63, 3.8) is 0 Å². The molecule has 0 unspecified atom stereocenters. The van der Waals surface area contributed by atoms with Gasteiger partial charge in [0.05, 0.1) is 0 Å². The average molecular weight is 361 g/mol. The summed E-state index contributed by atoms with van der Waals surface area (Å²) >= 11 is 0. The van der Waals surface area contributed by atoms with E-state index in [2.05, 4.69) is 92.7 Å². The summed E-state index contributed by atoms with van der Waals surface area (Å²) in [5.41, 5.74) is 4.54. The summed E-state index contributed by atoms with van der Waals surface area (Å²) in [7, 11) is 0. The minimum absolute atomic E-state index is 0.105. The number of pyridine rings is 3. The van der Waals surface area contributed by atoms with Gasteiger partial charge in [0, 0.05) is 50.0 Å². The van der Waals surface area contributed by atoms with E-state index in [1.54, 1.807) is 0 Å². The van der Waals surface area contributed by atoms with Crippen LogP contribution in [0, 0.1) is 0 Å². The molecule has 0 spiro atoms. The lowest BCUT2D eigenvalue weighted by Gasteiger charge is -2.27. The lowest BCUT2D eigenvalue weighted by molar-refractivity contribution is -0.748. The predicted molar refractivity (Wildman–Crippen MR) is 110 cm³/mol. The van der Waals surface area contributed by atoms with Crippen LogP contribution in [0.15, 0.2) is 67.4 Å². The summed E-state index contributed by atoms with van der Waals surface area (Å²) in [4.78, 5) is 9.02. The van der Waals surface area contributed by atoms with Crippen molar-refractivity contribution in [2.24, 2.45) is 0 Å². The highest BCUT2D eigenvalue weighted by Gasteiger charge is 2.33. The van der Waals surface area contributed by atoms with Crippen LogP contribution in [0.25, 0.3) is 0 Å². The molecular weight excluding hydrogens is 330 g/mol. The molecule has 3 heterocycles. The molecule has 0 radical (unpaired) electrons. The fraction of sp³-hybridized carbons (Fsp3) is 0.375. The molecule has 0 aliphatic heterocycles. The van der Waals surface area contributed by atoms with Crippen molar-refractivity contribution in [3.05, 3.63) is 89.8 Å². The van der Waals surface area contributed by atoms with E-state index >= 15 is 0 Å². The maximum absolute atomic E-state index is 4.54. The fourth-order valence-corrected chi connectivity index (χ4v) is 3.35. The highest BCUT2D eigenvalue weighted by atomic mass is 15.0. The largest absolute Gasteiger partial charge is 0.264 e. The molecule has 0 bridgehead atoms. The first-order valence-corrected chi connectivity index (χ1v) is 9.62. The zero-order valence-electron chi connectivity index (χ0n) is 17.3. The molecule has 3 heteroatoms. The molecule has 0 aliphatic carbocycles. The summed E-state index contributed by atoms with van der Waals surface area (Å²) in [6, 6.07) is 12.8.